The summed E-state index contributed by atoms with van der Waals surface area (Å²) in [5.41, 5.74) is 0. The highest BCUT2D eigenvalue weighted by Crippen LogP contribution is 2.12. The van der Waals surface area contributed by atoms with Gasteiger partial charge in [0.15, 0.2) is 6.10 Å². The van der Waals surface area contributed by atoms with Crippen LogP contribution >= 0.6 is 0 Å². The van der Waals surface area contributed by atoms with E-state index < -0.39 is 12.2 Å². The zero-order valence-corrected chi connectivity index (χ0v) is 25.0. The van der Waals surface area contributed by atoms with Crippen LogP contribution in [0.4, 0.5) is 0 Å². The van der Waals surface area contributed by atoms with Crippen molar-refractivity contribution in [3.05, 3.63) is 36.5 Å². The number of unbranched alkanes of at least 4 members (excludes halogenated alkanes) is 12. The molecule has 0 bridgehead atoms. The normalized spacial score (nSPS) is 13.4. The molecule has 0 aliphatic rings. The molecule has 0 fully saturated rings. The van der Waals surface area contributed by atoms with Crippen LogP contribution in [-0.4, -0.2) is 47.6 Å². The fourth-order valence-corrected chi connectivity index (χ4v) is 4.15. The number of carbonyl (C=O) groups excluding carboxylic acids is 2. The quantitative estimate of drug-likeness (QED) is 0.0467. The van der Waals surface area contributed by atoms with Crippen LogP contribution in [-0.2, 0) is 19.1 Å². The van der Waals surface area contributed by atoms with E-state index >= 15 is 0 Å². The molecule has 0 radical (unpaired) electrons. The summed E-state index contributed by atoms with van der Waals surface area (Å²) >= 11 is 0. The summed E-state index contributed by atoms with van der Waals surface area (Å²) < 4.78 is 10.5. The second kappa shape index (κ2) is 29.1. The van der Waals surface area contributed by atoms with E-state index in [1.165, 1.54) is 38.5 Å². The average molecular weight is 551 g/mol. The van der Waals surface area contributed by atoms with Crippen LogP contribution in [0, 0.1) is 0 Å². The standard InChI is InChI=1S/C33H58O6/c1-3-5-7-9-11-12-14-18-23-27-33(37)39-31(28-34)29-38-32(36)26-22-19-15-17-21-25-30(35)24-20-16-13-10-8-6-4-2/h6,8,13,16,20,24,30-31,34-35H,3-5,7,9-12,14-15,17-19,21-23,25-29H2,1-2H3/b8-6+,16-13+,24-20+/t30?,31-/m0/s1. The van der Waals surface area contributed by atoms with Gasteiger partial charge in [0.25, 0.3) is 0 Å². The first-order valence-corrected chi connectivity index (χ1v) is 15.7. The third-order valence-electron chi connectivity index (χ3n) is 6.55. The fourth-order valence-electron chi connectivity index (χ4n) is 4.15. The zero-order valence-electron chi connectivity index (χ0n) is 25.0. The Kier molecular flexibility index (Phi) is 27.6. The molecule has 1 unspecified atom stereocenters. The van der Waals surface area contributed by atoms with E-state index in [2.05, 4.69) is 32.1 Å². The van der Waals surface area contributed by atoms with E-state index in [0.29, 0.717) is 12.8 Å². The monoisotopic (exact) mass is 550 g/mol. The number of esters is 2. The molecule has 0 saturated heterocycles. The minimum Gasteiger partial charge on any atom is -0.462 e. The zero-order chi connectivity index (χ0) is 28.8. The topological polar surface area (TPSA) is 93.1 Å². The maximum Gasteiger partial charge on any atom is 0.306 e. The fraction of sp³-hybridized carbons (Fsp3) is 0.758. The van der Waals surface area contributed by atoms with Gasteiger partial charge in [0.1, 0.15) is 6.61 Å². The van der Waals surface area contributed by atoms with Gasteiger partial charge >= 0.3 is 11.9 Å². The summed E-state index contributed by atoms with van der Waals surface area (Å²) in [6.07, 6.45) is 29.4. The van der Waals surface area contributed by atoms with Gasteiger partial charge in [-0.15, -0.1) is 0 Å². The Balaban J connectivity index is 3.72. The van der Waals surface area contributed by atoms with Crippen LogP contribution in [0.2, 0.25) is 0 Å². The highest BCUT2D eigenvalue weighted by atomic mass is 16.6. The molecule has 0 aromatic carbocycles. The predicted octanol–water partition coefficient (Wildman–Crippen LogP) is 7.91. The molecule has 0 heterocycles. The molecule has 0 spiro atoms. The maximum absolute atomic E-state index is 12.0. The van der Waals surface area contributed by atoms with Crippen molar-refractivity contribution in [2.24, 2.45) is 0 Å². The van der Waals surface area contributed by atoms with Crippen LogP contribution in [0.5, 0.6) is 0 Å². The molecule has 0 saturated carbocycles. The van der Waals surface area contributed by atoms with E-state index in [4.69, 9.17) is 9.47 Å². The summed E-state index contributed by atoms with van der Waals surface area (Å²) in [5, 5.41) is 19.5. The number of aliphatic hydroxyl groups is 2. The van der Waals surface area contributed by atoms with Crippen LogP contribution in [0.3, 0.4) is 0 Å². The summed E-state index contributed by atoms with van der Waals surface area (Å²) in [6.45, 7) is 3.87. The van der Waals surface area contributed by atoms with Crippen LogP contribution in [0.1, 0.15) is 136 Å². The molecule has 2 N–H and O–H groups in total. The van der Waals surface area contributed by atoms with Crippen molar-refractivity contribution in [1.82, 2.24) is 0 Å². The predicted molar refractivity (Wildman–Crippen MR) is 160 cm³/mol. The number of carbonyl (C=O) groups is 2. The minimum absolute atomic E-state index is 0.102. The molecule has 39 heavy (non-hydrogen) atoms. The molecule has 226 valence electrons. The van der Waals surface area contributed by atoms with Crippen molar-refractivity contribution in [3.8, 4) is 0 Å². The molecular weight excluding hydrogens is 492 g/mol. The highest BCUT2D eigenvalue weighted by molar-refractivity contribution is 5.70. The Morgan fingerprint density at radius 3 is 1.92 bits per heavy atom. The second-order valence-electron chi connectivity index (χ2n) is 10.4. The molecule has 0 amide bonds. The lowest BCUT2D eigenvalue weighted by Crippen LogP contribution is -2.28. The summed E-state index contributed by atoms with van der Waals surface area (Å²) in [4.78, 5) is 24.0. The van der Waals surface area contributed by atoms with Crippen molar-refractivity contribution < 1.29 is 29.3 Å². The Morgan fingerprint density at radius 2 is 1.31 bits per heavy atom. The van der Waals surface area contributed by atoms with Gasteiger partial charge < -0.3 is 19.7 Å². The number of ether oxygens (including phenoxy) is 2. The highest BCUT2D eigenvalue weighted by Gasteiger charge is 2.16. The molecule has 0 rings (SSSR count). The van der Waals surface area contributed by atoms with Crippen molar-refractivity contribution in [3.63, 3.8) is 0 Å². The van der Waals surface area contributed by atoms with E-state index in [9.17, 15) is 19.8 Å². The van der Waals surface area contributed by atoms with Crippen LogP contribution in [0.15, 0.2) is 36.5 Å². The van der Waals surface area contributed by atoms with Crippen molar-refractivity contribution in [1.29, 1.82) is 0 Å². The molecule has 0 aliphatic carbocycles. The lowest BCUT2D eigenvalue weighted by Gasteiger charge is -2.15. The van der Waals surface area contributed by atoms with E-state index in [0.717, 1.165) is 70.6 Å². The Hall–Kier alpha value is -1.92. The molecule has 6 nitrogen and oxygen atoms in total. The first-order chi connectivity index (χ1) is 19.0. The van der Waals surface area contributed by atoms with Gasteiger partial charge in [0.05, 0.1) is 12.7 Å². The van der Waals surface area contributed by atoms with Gasteiger partial charge in [-0.2, -0.15) is 0 Å². The second-order valence-corrected chi connectivity index (χ2v) is 10.4. The summed E-state index contributed by atoms with van der Waals surface area (Å²) in [7, 11) is 0. The van der Waals surface area contributed by atoms with Gasteiger partial charge in [-0.3, -0.25) is 9.59 Å². The maximum atomic E-state index is 12.0. The number of hydrogen-bond donors (Lipinski definition) is 2. The van der Waals surface area contributed by atoms with Crippen molar-refractivity contribution in [2.75, 3.05) is 13.2 Å². The molecule has 2 atom stereocenters. The molecule has 6 heteroatoms. The van der Waals surface area contributed by atoms with Gasteiger partial charge in [-0.25, -0.2) is 0 Å². The Labute approximate surface area is 238 Å². The number of rotatable bonds is 27. The van der Waals surface area contributed by atoms with Gasteiger partial charge in [0.2, 0.25) is 0 Å². The van der Waals surface area contributed by atoms with Crippen LogP contribution in [0.25, 0.3) is 0 Å². The van der Waals surface area contributed by atoms with E-state index in [1.807, 2.05) is 18.2 Å². The summed E-state index contributed by atoms with van der Waals surface area (Å²) in [5.74, 6) is -0.674. The average Bonchev–Trinajstić information content (AvgIpc) is 2.93. The SMILES string of the molecule is CC/C=C/C/C=C/C=C/C(O)CCCCCCCC(=O)OC[C@H](CO)OC(=O)CCCCCCCCCCC. The first kappa shape index (κ1) is 37.1. The van der Waals surface area contributed by atoms with Gasteiger partial charge in [-0.05, 0) is 32.1 Å². The summed E-state index contributed by atoms with van der Waals surface area (Å²) in [6, 6.07) is 0. The molecular formula is C33H58O6. The van der Waals surface area contributed by atoms with Crippen molar-refractivity contribution >= 4 is 11.9 Å². The minimum atomic E-state index is -0.797. The molecule has 0 aromatic heterocycles. The number of hydrogen-bond acceptors (Lipinski definition) is 6. The van der Waals surface area contributed by atoms with Crippen LogP contribution < -0.4 is 0 Å². The van der Waals surface area contributed by atoms with Gasteiger partial charge in [-0.1, -0.05) is 127 Å². The Morgan fingerprint density at radius 1 is 0.718 bits per heavy atom. The smallest absolute Gasteiger partial charge is 0.306 e. The lowest BCUT2D eigenvalue weighted by molar-refractivity contribution is -0.161. The first-order valence-electron chi connectivity index (χ1n) is 15.7. The van der Waals surface area contributed by atoms with E-state index in [-0.39, 0.29) is 25.2 Å². The number of aliphatic hydroxyl groups excluding tert-OH is 2. The van der Waals surface area contributed by atoms with Crippen molar-refractivity contribution in [2.45, 2.75) is 148 Å². The van der Waals surface area contributed by atoms with Gasteiger partial charge in [0, 0.05) is 12.8 Å². The molecule has 0 aromatic rings. The third-order valence-corrected chi connectivity index (χ3v) is 6.55. The third kappa shape index (κ3) is 27.4. The number of allylic oxidation sites excluding steroid dienone is 5. The largest absolute Gasteiger partial charge is 0.462 e. The lowest BCUT2D eigenvalue weighted by atomic mass is 10.1. The van der Waals surface area contributed by atoms with E-state index in [1.54, 1.807) is 0 Å². The Bertz CT molecular complexity index is 655. The molecule has 0 aliphatic heterocycles.